The molecule has 2 aromatic rings. The van der Waals surface area contributed by atoms with E-state index in [1.54, 1.807) is 47.3 Å². The summed E-state index contributed by atoms with van der Waals surface area (Å²) in [7, 11) is 3.22. The Morgan fingerprint density at radius 1 is 1.29 bits per heavy atom. The van der Waals surface area contributed by atoms with Crippen molar-refractivity contribution in [1.82, 2.24) is 14.8 Å². The first-order valence-electron chi connectivity index (χ1n) is 8.90. The molecule has 0 N–H and O–H groups in total. The van der Waals surface area contributed by atoms with Crippen LogP contribution < -0.4 is 4.74 Å². The van der Waals surface area contributed by atoms with Crippen LogP contribution in [0.15, 0.2) is 36.5 Å². The van der Waals surface area contributed by atoms with E-state index in [-0.39, 0.29) is 11.8 Å². The minimum atomic E-state index is -0.513. The van der Waals surface area contributed by atoms with Gasteiger partial charge in [0.25, 0.3) is 5.91 Å². The van der Waals surface area contributed by atoms with Gasteiger partial charge in [0.15, 0.2) is 0 Å². The highest BCUT2D eigenvalue weighted by Gasteiger charge is 2.37. The van der Waals surface area contributed by atoms with E-state index >= 15 is 0 Å². The van der Waals surface area contributed by atoms with Crippen molar-refractivity contribution < 1.29 is 14.3 Å². The number of likely N-dealkylation sites (N-methyl/N-ethyl adjacent to an activating group) is 1. The number of hydrogen-bond acceptors (Lipinski definition) is 4. The molecule has 0 saturated carbocycles. The van der Waals surface area contributed by atoms with Gasteiger partial charge >= 0.3 is 0 Å². The maximum atomic E-state index is 13.1. The number of amides is 2. The maximum absolute atomic E-state index is 13.1. The number of likely N-dealkylation sites (tertiary alicyclic amines) is 1. The molecule has 1 unspecified atom stereocenters. The van der Waals surface area contributed by atoms with Crippen LogP contribution in [0.5, 0.6) is 5.75 Å². The van der Waals surface area contributed by atoms with Crippen LogP contribution in [0.1, 0.15) is 28.8 Å². The Bertz CT molecular complexity index is 873. The lowest BCUT2D eigenvalue weighted by Crippen LogP contribution is -2.46. The van der Waals surface area contributed by atoms with Crippen LogP contribution in [0.4, 0.5) is 0 Å². The molecular weight excluding hydrogens is 401 g/mol. The fraction of sp³-hybridized carbons (Fsp3) is 0.350. The molecule has 1 aliphatic rings. The van der Waals surface area contributed by atoms with Gasteiger partial charge in [0.2, 0.25) is 5.91 Å². The molecule has 1 fully saturated rings. The Hall–Kier alpha value is -2.31. The van der Waals surface area contributed by atoms with Gasteiger partial charge in [-0.25, -0.2) is 4.98 Å². The molecule has 2 amide bonds. The number of halogens is 2. The second-order valence-electron chi connectivity index (χ2n) is 6.68. The number of methoxy groups -OCH3 is 1. The van der Waals surface area contributed by atoms with Gasteiger partial charge in [-0.1, -0.05) is 29.3 Å². The first-order valence-corrected chi connectivity index (χ1v) is 9.66. The standard InChI is InChI=1S/C20H21Cl2N3O3/c1-24(12-13-5-8-18(22)23-11-13)20(27)16-4-3-9-25(16)19(26)15-10-14(21)6-7-17(15)28-2/h5-8,10-11,16H,3-4,9,12H2,1-2H3. The molecule has 1 atom stereocenters. The van der Waals surface area contributed by atoms with E-state index in [9.17, 15) is 9.59 Å². The second-order valence-corrected chi connectivity index (χ2v) is 7.51. The Kier molecular flexibility index (Phi) is 6.42. The molecule has 1 aromatic heterocycles. The third-order valence-corrected chi connectivity index (χ3v) is 5.23. The van der Waals surface area contributed by atoms with Crippen molar-refractivity contribution in [1.29, 1.82) is 0 Å². The number of benzene rings is 1. The molecule has 1 saturated heterocycles. The Morgan fingerprint density at radius 2 is 2.07 bits per heavy atom. The van der Waals surface area contributed by atoms with Crippen molar-refractivity contribution in [3.8, 4) is 5.75 Å². The molecule has 1 aliphatic heterocycles. The van der Waals surface area contributed by atoms with Gasteiger partial charge in [-0.15, -0.1) is 0 Å². The molecule has 0 spiro atoms. The number of carbonyl (C=O) groups excluding carboxylic acids is 2. The summed E-state index contributed by atoms with van der Waals surface area (Å²) in [6.45, 7) is 0.906. The molecular formula is C20H21Cl2N3O3. The molecule has 0 aliphatic carbocycles. The van der Waals surface area contributed by atoms with Gasteiger partial charge in [-0.3, -0.25) is 9.59 Å². The fourth-order valence-electron chi connectivity index (χ4n) is 3.37. The summed E-state index contributed by atoms with van der Waals surface area (Å²) in [5, 5.41) is 0.847. The molecule has 28 heavy (non-hydrogen) atoms. The summed E-state index contributed by atoms with van der Waals surface area (Å²) in [5.74, 6) is 0.0756. The minimum Gasteiger partial charge on any atom is -0.496 e. The van der Waals surface area contributed by atoms with E-state index in [0.29, 0.717) is 41.0 Å². The highest BCUT2D eigenvalue weighted by Crippen LogP contribution is 2.28. The molecule has 6 nitrogen and oxygen atoms in total. The lowest BCUT2D eigenvalue weighted by Gasteiger charge is -2.28. The monoisotopic (exact) mass is 421 g/mol. The van der Waals surface area contributed by atoms with Crippen molar-refractivity contribution in [2.24, 2.45) is 0 Å². The van der Waals surface area contributed by atoms with Gasteiger partial charge < -0.3 is 14.5 Å². The Labute approximate surface area is 174 Å². The zero-order valence-corrected chi connectivity index (χ0v) is 17.2. The predicted molar refractivity (Wildman–Crippen MR) is 108 cm³/mol. The second kappa shape index (κ2) is 8.80. The number of carbonyl (C=O) groups is 2. The summed E-state index contributed by atoms with van der Waals surface area (Å²) in [4.78, 5) is 33.4. The SMILES string of the molecule is COc1ccc(Cl)cc1C(=O)N1CCCC1C(=O)N(C)Cc1ccc(Cl)nc1. The third kappa shape index (κ3) is 4.39. The number of aromatic nitrogens is 1. The molecule has 0 radical (unpaired) electrons. The van der Waals surface area contributed by atoms with Crippen molar-refractivity contribution >= 4 is 35.0 Å². The fourth-order valence-corrected chi connectivity index (χ4v) is 3.66. The van der Waals surface area contributed by atoms with Crippen LogP contribution in [0.2, 0.25) is 10.2 Å². The number of pyridine rings is 1. The van der Waals surface area contributed by atoms with Crippen molar-refractivity contribution in [2.45, 2.75) is 25.4 Å². The molecule has 0 bridgehead atoms. The van der Waals surface area contributed by atoms with Crippen molar-refractivity contribution in [3.05, 3.63) is 57.8 Å². The Balaban J connectivity index is 1.76. The first kappa shape index (κ1) is 20.4. The minimum absolute atomic E-state index is 0.109. The van der Waals surface area contributed by atoms with Crippen molar-refractivity contribution in [2.75, 3.05) is 20.7 Å². The van der Waals surface area contributed by atoms with E-state index in [0.717, 1.165) is 12.0 Å². The normalized spacial score (nSPS) is 16.1. The van der Waals surface area contributed by atoms with Gasteiger partial charge in [0.1, 0.15) is 16.9 Å². The van der Waals surface area contributed by atoms with E-state index in [4.69, 9.17) is 27.9 Å². The number of ether oxygens (including phenoxy) is 1. The third-order valence-electron chi connectivity index (χ3n) is 4.78. The van der Waals surface area contributed by atoms with Crippen LogP contribution >= 0.6 is 23.2 Å². The largest absolute Gasteiger partial charge is 0.496 e. The van der Waals surface area contributed by atoms with E-state index in [2.05, 4.69) is 4.98 Å². The lowest BCUT2D eigenvalue weighted by atomic mass is 10.1. The smallest absolute Gasteiger partial charge is 0.258 e. The number of nitrogens with zero attached hydrogens (tertiary/aromatic N) is 3. The predicted octanol–water partition coefficient (Wildman–Crippen LogP) is 3.66. The quantitative estimate of drug-likeness (QED) is 0.690. The summed E-state index contributed by atoms with van der Waals surface area (Å²) in [6, 6.07) is 7.90. The first-order chi connectivity index (χ1) is 13.4. The Morgan fingerprint density at radius 3 is 2.75 bits per heavy atom. The van der Waals surface area contributed by atoms with Crippen LogP contribution in [-0.4, -0.2) is 53.3 Å². The summed E-state index contributed by atoms with van der Waals surface area (Å²) in [5.41, 5.74) is 1.23. The van der Waals surface area contributed by atoms with Crippen LogP contribution in [0.25, 0.3) is 0 Å². The highest BCUT2D eigenvalue weighted by molar-refractivity contribution is 6.31. The number of hydrogen-bond donors (Lipinski definition) is 0. The van der Waals surface area contributed by atoms with Gasteiger partial charge in [-0.05, 0) is 42.7 Å². The summed E-state index contributed by atoms with van der Waals surface area (Å²) >= 11 is 11.9. The highest BCUT2D eigenvalue weighted by atomic mass is 35.5. The van der Waals surface area contributed by atoms with Crippen LogP contribution in [-0.2, 0) is 11.3 Å². The van der Waals surface area contributed by atoms with E-state index in [1.165, 1.54) is 7.11 Å². The summed E-state index contributed by atoms with van der Waals surface area (Å²) in [6.07, 6.45) is 3.03. The van der Waals surface area contributed by atoms with Crippen molar-refractivity contribution in [3.63, 3.8) is 0 Å². The molecule has 2 heterocycles. The molecule has 1 aromatic carbocycles. The average Bonchev–Trinajstić information content (AvgIpc) is 3.18. The maximum Gasteiger partial charge on any atom is 0.258 e. The zero-order chi connectivity index (χ0) is 20.3. The van der Waals surface area contributed by atoms with Gasteiger partial charge in [0, 0.05) is 31.4 Å². The zero-order valence-electron chi connectivity index (χ0n) is 15.7. The molecule has 3 rings (SSSR count). The molecule has 148 valence electrons. The number of rotatable bonds is 5. The molecule has 8 heteroatoms. The van der Waals surface area contributed by atoms with Gasteiger partial charge in [-0.2, -0.15) is 0 Å². The van der Waals surface area contributed by atoms with E-state index in [1.807, 2.05) is 6.07 Å². The topological polar surface area (TPSA) is 62.7 Å². The van der Waals surface area contributed by atoms with E-state index < -0.39 is 6.04 Å². The van der Waals surface area contributed by atoms with Gasteiger partial charge in [0.05, 0.1) is 12.7 Å². The van der Waals surface area contributed by atoms with Crippen LogP contribution in [0.3, 0.4) is 0 Å². The summed E-state index contributed by atoms with van der Waals surface area (Å²) < 4.78 is 5.29. The average molecular weight is 422 g/mol. The lowest BCUT2D eigenvalue weighted by molar-refractivity contribution is -0.134. The van der Waals surface area contributed by atoms with Crippen LogP contribution in [0, 0.1) is 0 Å².